The van der Waals surface area contributed by atoms with Crippen molar-refractivity contribution >= 4 is 10.2 Å². The lowest BCUT2D eigenvalue weighted by Gasteiger charge is -2.10. The number of hydrogen-bond donors (Lipinski definition) is 3. The van der Waals surface area contributed by atoms with E-state index in [0.717, 1.165) is 0 Å². The van der Waals surface area contributed by atoms with Crippen molar-refractivity contribution in [3.8, 4) is 0 Å². The van der Waals surface area contributed by atoms with Crippen LogP contribution in [0.4, 0.5) is 0 Å². The molecule has 0 unspecified atom stereocenters. The predicted octanol–water partition coefficient (Wildman–Crippen LogP) is -0.816. The molecule has 4 N–H and O–H groups in total. The predicted molar refractivity (Wildman–Crippen MR) is 59.7 cm³/mol. The van der Waals surface area contributed by atoms with Gasteiger partial charge in [0.15, 0.2) is 0 Å². The second-order valence-electron chi connectivity index (χ2n) is 3.42. The molecule has 7 heteroatoms. The molecule has 0 fully saturated rings. The zero-order valence-corrected chi connectivity index (χ0v) is 10.1. The van der Waals surface area contributed by atoms with Crippen molar-refractivity contribution in [1.82, 2.24) is 9.44 Å². The van der Waals surface area contributed by atoms with Crippen LogP contribution in [-0.4, -0.2) is 40.8 Å². The fourth-order valence-electron chi connectivity index (χ4n) is 0.918. The average Bonchev–Trinajstić information content (AvgIpc) is 2.08. The summed E-state index contributed by atoms with van der Waals surface area (Å²) < 4.78 is 32.4. The smallest absolute Gasteiger partial charge is 0.277 e. The lowest BCUT2D eigenvalue weighted by Crippen LogP contribution is -2.40. The van der Waals surface area contributed by atoms with Gasteiger partial charge in [0.1, 0.15) is 0 Å². The molecule has 0 aliphatic heterocycles. The van der Waals surface area contributed by atoms with Crippen LogP contribution < -0.4 is 15.2 Å². The van der Waals surface area contributed by atoms with Gasteiger partial charge in [-0.1, -0.05) is 0 Å². The van der Waals surface area contributed by atoms with Gasteiger partial charge in [0, 0.05) is 25.7 Å². The fraction of sp³-hybridized carbons (Fsp3) is 1.00. The second-order valence-corrected chi connectivity index (χ2v) is 4.96. The first-order valence-corrected chi connectivity index (χ1v) is 6.51. The van der Waals surface area contributed by atoms with E-state index in [1.165, 1.54) is 0 Å². The van der Waals surface area contributed by atoms with Crippen LogP contribution in [0.3, 0.4) is 0 Å². The highest BCUT2D eigenvalue weighted by Gasteiger charge is 2.09. The van der Waals surface area contributed by atoms with Crippen LogP contribution in [0.5, 0.6) is 0 Å². The summed E-state index contributed by atoms with van der Waals surface area (Å²) in [7, 11) is -3.35. The van der Waals surface area contributed by atoms with Crippen LogP contribution in [0.2, 0.25) is 0 Å². The summed E-state index contributed by atoms with van der Waals surface area (Å²) in [5.74, 6) is 0. The van der Waals surface area contributed by atoms with Gasteiger partial charge in [-0.3, -0.25) is 0 Å². The standard InChI is InChI=1S/C8H21N3O3S/c1-8(2)11-15(12,13)10-5-3-6-14-7-4-9/h8,10-11H,3-7,9H2,1-2H3. The Morgan fingerprint density at radius 2 is 2.00 bits per heavy atom. The van der Waals surface area contributed by atoms with E-state index in [1.807, 2.05) is 0 Å². The average molecular weight is 239 g/mol. The molecule has 0 saturated heterocycles. The molecule has 0 aliphatic carbocycles. The molecule has 0 bridgehead atoms. The first-order valence-electron chi connectivity index (χ1n) is 5.02. The normalized spacial score (nSPS) is 12.3. The van der Waals surface area contributed by atoms with Gasteiger partial charge in [-0.15, -0.1) is 0 Å². The van der Waals surface area contributed by atoms with Gasteiger partial charge < -0.3 is 10.5 Å². The summed E-state index contributed by atoms with van der Waals surface area (Å²) in [5, 5.41) is 0. The van der Waals surface area contributed by atoms with Gasteiger partial charge in [-0.2, -0.15) is 13.1 Å². The van der Waals surface area contributed by atoms with Crippen LogP contribution in [0.15, 0.2) is 0 Å². The zero-order chi connectivity index (χ0) is 11.7. The Labute approximate surface area is 91.7 Å². The molecule has 92 valence electrons. The van der Waals surface area contributed by atoms with Crippen LogP contribution in [0.25, 0.3) is 0 Å². The van der Waals surface area contributed by atoms with Gasteiger partial charge >= 0.3 is 0 Å². The van der Waals surface area contributed by atoms with E-state index in [2.05, 4.69) is 9.44 Å². The Balaban J connectivity index is 3.50. The molecular weight excluding hydrogens is 218 g/mol. The van der Waals surface area contributed by atoms with E-state index >= 15 is 0 Å². The molecule has 0 aromatic carbocycles. The Kier molecular flexibility index (Phi) is 7.89. The summed E-state index contributed by atoms with van der Waals surface area (Å²) in [4.78, 5) is 0. The minimum absolute atomic E-state index is 0.101. The Bertz CT molecular complexity index is 242. The lowest BCUT2D eigenvalue weighted by atomic mass is 10.4. The monoisotopic (exact) mass is 239 g/mol. The highest BCUT2D eigenvalue weighted by Crippen LogP contribution is 1.85. The maximum Gasteiger partial charge on any atom is 0.277 e. The number of nitrogens with one attached hydrogen (secondary N) is 2. The number of ether oxygens (including phenoxy) is 1. The largest absolute Gasteiger partial charge is 0.380 e. The van der Waals surface area contributed by atoms with E-state index in [9.17, 15) is 8.42 Å². The van der Waals surface area contributed by atoms with Gasteiger partial charge in [-0.05, 0) is 20.3 Å². The Morgan fingerprint density at radius 3 is 2.53 bits per heavy atom. The molecular formula is C8H21N3O3S. The van der Waals surface area contributed by atoms with Gasteiger partial charge in [0.05, 0.1) is 6.61 Å². The van der Waals surface area contributed by atoms with Crippen LogP contribution in [0, 0.1) is 0 Å². The molecule has 0 rings (SSSR count). The first-order chi connectivity index (χ1) is 6.98. The summed E-state index contributed by atoms with van der Waals surface area (Å²) in [6, 6.07) is -0.101. The molecule has 6 nitrogen and oxygen atoms in total. The summed E-state index contributed by atoms with van der Waals surface area (Å²) in [6.07, 6.45) is 0.638. The van der Waals surface area contributed by atoms with E-state index in [0.29, 0.717) is 32.7 Å². The molecule has 0 aromatic heterocycles. The van der Waals surface area contributed by atoms with Gasteiger partial charge in [-0.25, -0.2) is 4.72 Å². The quantitative estimate of drug-likeness (QED) is 0.458. The summed E-state index contributed by atoms with van der Waals surface area (Å²) in [5.41, 5.74) is 5.22. The molecule has 0 atom stereocenters. The van der Waals surface area contributed by atoms with Crippen LogP contribution in [-0.2, 0) is 14.9 Å². The molecule has 0 saturated carbocycles. The minimum Gasteiger partial charge on any atom is -0.380 e. The van der Waals surface area contributed by atoms with Gasteiger partial charge in [0.2, 0.25) is 0 Å². The van der Waals surface area contributed by atoms with E-state index in [-0.39, 0.29) is 6.04 Å². The van der Waals surface area contributed by atoms with Gasteiger partial charge in [0.25, 0.3) is 10.2 Å². The van der Waals surface area contributed by atoms with Crippen molar-refractivity contribution in [3.05, 3.63) is 0 Å². The molecule has 0 spiro atoms. The summed E-state index contributed by atoms with van der Waals surface area (Å²) in [6.45, 7) is 5.42. The first kappa shape index (κ1) is 14.8. The van der Waals surface area contributed by atoms with E-state index in [4.69, 9.17) is 10.5 Å². The van der Waals surface area contributed by atoms with Crippen molar-refractivity contribution in [2.45, 2.75) is 26.3 Å². The number of hydrogen-bond acceptors (Lipinski definition) is 4. The molecule has 0 aromatic rings. The molecule has 0 amide bonds. The van der Waals surface area contributed by atoms with Crippen LogP contribution in [0.1, 0.15) is 20.3 Å². The molecule has 0 aliphatic rings. The highest BCUT2D eigenvalue weighted by molar-refractivity contribution is 7.87. The minimum atomic E-state index is -3.35. The third kappa shape index (κ3) is 10.1. The van der Waals surface area contributed by atoms with E-state index in [1.54, 1.807) is 13.8 Å². The Hall–Kier alpha value is -0.210. The molecule has 15 heavy (non-hydrogen) atoms. The number of nitrogens with two attached hydrogens (primary N) is 1. The van der Waals surface area contributed by atoms with Crippen molar-refractivity contribution in [2.24, 2.45) is 5.73 Å². The van der Waals surface area contributed by atoms with Crippen molar-refractivity contribution in [3.63, 3.8) is 0 Å². The fourth-order valence-corrected chi connectivity index (χ4v) is 2.04. The zero-order valence-electron chi connectivity index (χ0n) is 9.32. The number of rotatable bonds is 9. The lowest BCUT2D eigenvalue weighted by molar-refractivity contribution is 0.140. The topological polar surface area (TPSA) is 93.5 Å². The maximum atomic E-state index is 11.2. The van der Waals surface area contributed by atoms with Crippen molar-refractivity contribution < 1.29 is 13.2 Å². The SMILES string of the molecule is CC(C)NS(=O)(=O)NCCCOCCN. The molecule has 0 radical (unpaired) electrons. The highest BCUT2D eigenvalue weighted by atomic mass is 32.2. The third-order valence-electron chi connectivity index (χ3n) is 1.41. The van der Waals surface area contributed by atoms with Crippen molar-refractivity contribution in [2.75, 3.05) is 26.3 Å². The second kappa shape index (κ2) is 8.00. The van der Waals surface area contributed by atoms with E-state index < -0.39 is 10.2 Å². The Morgan fingerprint density at radius 1 is 1.33 bits per heavy atom. The van der Waals surface area contributed by atoms with Crippen LogP contribution >= 0.6 is 0 Å². The molecule has 0 heterocycles. The summed E-state index contributed by atoms with van der Waals surface area (Å²) >= 11 is 0. The third-order valence-corrected chi connectivity index (χ3v) is 2.78. The maximum absolute atomic E-state index is 11.2. The van der Waals surface area contributed by atoms with Crippen molar-refractivity contribution in [1.29, 1.82) is 0 Å².